The van der Waals surface area contributed by atoms with Crippen molar-refractivity contribution in [2.75, 3.05) is 18.1 Å². The van der Waals surface area contributed by atoms with Crippen molar-refractivity contribution in [1.29, 1.82) is 0 Å². The van der Waals surface area contributed by atoms with Crippen LogP contribution in [0.15, 0.2) is 24.3 Å². The molecular formula is C15H15NO3. The van der Waals surface area contributed by atoms with E-state index in [4.69, 9.17) is 11.2 Å². The van der Waals surface area contributed by atoms with Gasteiger partial charge in [-0.15, -0.1) is 12.3 Å². The third-order valence-corrected chi connectivity index (χ3v) is 3.03. The highest BCUT2D eigenvalue weighted by atomic mass is 16.5. The Hall–Kier alpha value is -2.28. The second-order valence-electron chi connectivity index (χ2n) is 4.34. The van der Waals surface area contributed by atoms with Crippen LogP contribution in [0.5, 0.6) is 0 Å². The third-order valence-electron chi connectivity index (χ3n) is 3.03. The number of rotatable bonds is 3. The lowest BCUT2D eigenvalue weighted by atomic mass is 10.1. The number of hydrogen-bond donors (Lipinski definition) is 0. The summed E-state index contributed by atoms with van der Waals surface area (Å²) in [4.78, 5) is 25.1. The summed E-state index contributed by atoms with van der Waals surface area (Å²) in [5.41, 5.74) is 1.13. The van der Waals surface area contributed by atoms with Gasteiger partial charge in [0.2, 0.25) is 5.91 Å². The maximum absolute atomic E-state index is 11.9. The average molecular weight is 257 g/mol. The molecule has 1 aromatic carbocycles. The van der Waals surface area contributed by atoms with Crippen LogP contribution in [0.25, 0.3) is 0 Å². The van der Waals surface area contributed by atoms with E-state index in [1.54, 1.807) is 36.1 Å². The highest BCUT2D eigenvalue weighted by molar-refractivity contribution is 5.98. The van der Waals surface area contributed by atoms with E-state index < -0.39 is 0 Å². The smallest absolute Gasteiger partial charge is 0.338 e. The summed E-state index contributed by atoms with van der Waals surface area (Å²) >= 11 is 0. The van der Waals surface area contributed by atoms with E-state index in [0.29, 0.717) is 30.8 Å². The van der Waals surface area contributed by atoms with Crippen LogP contribution in [-0.2, 0) is 9.53 Å². The molecule has 0 radical (unpaired) electrons. The van der Waals surface area contributed by atoms with Gasteiger partial charge in [0.15, 0.2) is 0 Å². The zero-order valence-corrected chi connectivity index (χ0v) is 10.8. The predicted octanol–water partition coefficient (Wildman–Crippen LogP) is 1.85. The third kappa shape index (κ3) is 2.76. The number of carbonyl (C=O) groups excluding carboxylic acids is 2. The van der Waals surface area contributed by atoms with Gasteiger partial charge in [0.25, 0.3) is 0 Å². The van der Waals surface area contributed by atoms with E-state index in [2.05, 4.69) is 5.92 Å². The van der Waals surface area contributed by atoms with E-state index in [-0.39, 0.29) is 17.8 Å². The molecule has 2 rings (SSSR count). The summed E-state index contributed by atoms with van der Waals surface area (Å²) in [5, 5.41) is 0. The first-order chi connectivity index (χ1) is 9.15. The number of amides is 1. The largest absolute Gasteiger partial charge is 0.462 e. The molecule has 1 amide bonds. The molecule has 19 heavy (non-hydrogen) atoms. The summed E-state index contributed by atoms with van der Waals surface area (Å²) in [6, 6.07) is 6.85. The second kappa shape index (κ2) is 5.57. The Balaban J connectivity index is 2.22. The average Bonchev–Trinajstić information content (AvgIpc) is 2.80. The van der Waals surface area contributed by atoms with Crippen LogP contribution in [0.3, 0.4) is 0 Å². The summed E-state index contributed by atoms with van der Waals surface area (Å²) < 4.78 is 4.94. The lowest BCUT2D eigenvalue weighted by Gasteiger charge is -2.16. The molecule has 1 heterocycles. The van der Waals surface area contributed by atoms with Gasteiger partial charge in [0.05, 0.1) is 12.2 Å². The topological polar surface area (TPSA) is 46.6 Å². The maximum Gasteiger partial charge on any atom is 0.338 e. The fourth-order valence-electron chi connectivity index (χ4n) is 2.08. The van der Waals surface area contributed by atoms with Crippen molar-refractivity contribution in [3.63, 3.8) is 0 Å². The van der Waals surface area contributed by atoms with E-state index in [9.17, 15) is 9.59 Å². The molecule has 0 aliphatic carbocycles. The molecular weight excluding hydrogens is 242 g/mol. The molecule has 1 fully saturated rings. The maximum atomic E-state index is 11.9. The van der Waals surface area contributed by atoms with Crippen LogP contribution in [0, 0.1) is 18.3 Å². The molecule has 98 valence electrons. The number of nitrogens with zero attached hydrogens (tertiary/aromatic N) is 1. The van der Waals surface area contributed by atoms with Gasteiger partial charge in [0, 0.05) is 24.6 Å². The summed E-state index contributed by atoms with van der Waals surface area (Å²) in [7, 11) is 0. The molecule has 1 aromatic rings. The summed E-state index contributed by atoms with van der Waals surface area (Å²) in [6.45, 7) is 2.58. The number of benzene rings is 1. The number of ether oxygens (including phenoxy) is 1. The number of carbonyl (C=O) groups is 2. The lowest BCUT2D eigenvalue weighted by molar-refractivity contribution is -0.117. The minimum atomic E-state index is -0.385. The number of esters is 1. The number of terminal acetylenes is 1. The van der Waals surface area contributed by atoms with E-state index >= 15 is 0 Å². The molecule has 1 aliphatic rings. The quantitative estimate of drug-likeness (QED) is 0.613. The van der Waals surface area contributed by atoms with Crippen molar-refractivity contribution in [3.05, 3.63) is 29.8 Å². The van der Waals surface area contributed by atoms with Crippen molar-refractivity contribution in [3.8, 4) is 12.3 Å². The van der Waals surface area contributed by atoms with Crippen LogP contribution in [0.1, 0.15) is 23.7 Å². The van der Waals surface area contributed by atoms with Gasteiger partial charge in [-0.3, -0.25) is 4.79 Å². The van der Waals surface area contributed by atoms with Gasteiger partial charge in [-0.1, -0.05) is 6.07 Å². The highest BCUT2D eigenvalue weighted by Crippen LogP contribution is 2.25. The van der Waals surface area contributed by atoms with Crippen LogP contribution in [0.2, 0.25) is 0 Å². The monoisotopic (exact) mass is 257 g/mol. The normalized spacial score (nSPS) is 18.2. The molecule has 0 spiro atoms. The fraction of sp³-hybridized carbons (Fsp3) is 0.333. The van der Waals surface area contributed by atoms with Crippen molar-refractivity contribution >= 4 is 17.6 Å². The first kappa shape index (κ1) is 13.2. The Bertz CT molecular complexity index is 545. The van der Waals surface area contributed by atoms with Crippen molar-refractivity contribution in [2.24, 2.45) is 5.92 Å². The molecule has 1 atom stereocenters. The molecule has 4 nitrogen and oxygen atoms in total. The van der Waals surface area contributed by atoms with Gasteiger partial charge < -0.3 is 9.64 Å². The van der Waals surface area contributed by atoms with Gasteiger partial charge in [-0.2, -0.15) is 0 Å². The second-order valence-corrected chi connectivity index (χ2v) is 4.34. The van der Waals surface area contributed by atoms with E-state index in [1.165, 1.54) is 0 Å². The van der Waals surface area contributed by atoms with Crippen molar-refractivity contribution < 1.29 is 14.3 Å². The summed E-state index contributed by atoms with van der Waals surface area (Å²) in [5.74, 6) is 2.15. The molecule has 0 N–H and O–H groups in total. The minimum absolute atomic E-state index is 0.0102. The Labute approximate surface area is 112 Å². The van der Waals surface area contributed by atoms with Gasteiger partial charge in [-0.05, 0) is 25.1 Å². The molecule has 0 bridgehead atoms. The first-order valence-electron chi connectivity index (χ1n) is 6.19. The summed E-state index contributed by atoms with van der Waals surface area (Å²) in [6.07, 6.45) is 5.71. The standard InChI is InChI=1S/C15H15NO3/c1-3-11-8-14(17)16(10-11)13-7-5-6-12(9-13)15(18)19-4-2/h1,5-7,9,11H,4,8,10H2,2H3. The van der Waals surface area contributed by atoms with Crippen LogP contribution < -0.4 is 4.90 Å². The fourth-order valence-corrected chi connectivity index (χ4v) is 2.08. The van der Waals surface area contributed by atoms with Crippen molar-refractivity contribution in [1.82, 2.24) is 0 Å². The Morgan fingerprint density at radius 1 is 1.58 bits per heavy atom. The first-order valence-corrected chi connectivity index (χ1v) is 6.19. The predicted molar refractivity (Wildman–Crippen MR) is 71.7 cm³/mol. The number of anilines is 1. The SMILES string of the molecule is C#CC1CC(=O)N(c2cccc(C(=O)OCC)c2)C1. The van der Waals surface area contributed by atoms with Crippen LogP contribution in [0.4, 0.5) is 5.69 Å². The van der Waals surface area contributed by atoms with Crippen LogP contribution in [-0.4, -0.2) is 25.0 Å². The van der Waals surface area contributed by atoms with E-state index in [1.807, 2.05) is 0 Å². The molecule has 0 saturated carbocycles. The lowest BCUT2D eigenvalue weighted by Crippen LogP contribution is -2.24. The molecule has 4 heteroatoms. The molecule has 1 saturated heterocycles. The zero-order valence-electron chi connectivity index (χ0n) is 10.8. The Morgan fingerprint density at radius 2 is 2.37 bits per heavy atom. The molecule has 1 aliphatic heterocycles. The zero-order chi connectivity index (χ0) is 13.8. The van der Waals surface area contributed by atoms with Gasteiger partial charge >= 0.3 is 5.97 Å². The number of hydrogen-bond acceptors (Lipinski definition) is 3. The molecule has 0 aromatic heterocycles. The van der Waals surface area contributed by atoms with E-state index in [0.717, 1.165) is 0 Å². The molecule has 1 unspecified atom stereocenters. The van der Waals surface area contributed by atoms with Gasteiger partial charge in [0.1, 0.15) is 0 Å². The van der Waals surface area contributed by atoms with Crippen molar-refractivity contribution in [2.45, 2.75) is 13.3 Å². The Morgan fingerprint density at radius 3 is 3.00 bits per heavy atom. The highest BCUT2D eigenvalue weighted by Gasteiger charge is 2.29. The van der Waals surface area contributed by atoms with Crippen LogP contribution >= 0.6 is 0 Å². The van der Waals surface area contributed by atoms with Gasteiger partial charge in [-0.25, -0.2) is 4.79 Å². The minimum Gasteiger partial charge on any atom is -0.462 e. The Kier molecular flexibility index (Phi) is 3.86.